The van der Waals surface area contributed by atoms with E-state index in [9.17, 15) is 13.0 Å². The fourth-order valence-electron chi connectivity index (χ4n) is 5.07. The third-order valence-electron chi connectivity index (χ3n) is 6.68. The monoisotopic (exact) mass is 442 g/mol. The van der Waals surface area contributed by atoms with Crippen LogP contribution in [0.4, 0.5) is 0 Å². The smallest absolute Gasteiger partial charge is 0.294 e. The lowest BCUT2D eigenvalue weighted by molar-refractivity contribution is -0.0311. The highest BCUT2D eigenvalue weighted by molar-refractivity contribution is 9.10. The summed E-state index contributed by atoms with van der Waals surface area (Å²) in [6.45, 7) is 4.25. The fraction of sp³-hybridized carbons (Fsp3) is 0.684. The summed E-state index contributed by atoms with van der Waals surface area (Å²) in [4.78, 5) is 5.20. The van der Waals surface area contributed by atoms with Gasteiger partial charge in [-0.25, -0.2) is 0 Å². The van der Waals surface area contributed by atoms with Crippen molar-refractivity contribution in [3.05, 3.63) is 28.2 Å². The van der Waals surface area contributed by atoms with Crippen molar-refractivity contribution >= 4 is 26.0 Å². The van der Waals surface area contributed by atoms with Gasteiger partial charge in [0.05, 0.1) is 4.90 Å². The van der Waals surface area contributed by atoms with E-state index >= 15 is 0 Å². The van der Waals surface area contributed by atoms with Crippen LogP contribution in [0.3, 0.4) is 0 Å². The van der Waals surface area contributed by atoms with E-state index < -0.39 is 10.1 Å². The van der Waals surface area contributed by atoms with Crippen molar-refractivity contribution in [2.45, 2.75) is 61.4 Å². The SMILES string of the molecule is O=S(=O)(O)c1ccc(Br)c(C2(N3CCN(C4CCCC4)CC3)CCC2)c1. The van der Waals surface area contributed by atoms with Gasteiger partial charge in [-0.3, -0.25) is 14.4 Å². The van der Waals surface area contributed by atoms with Crippen molar-refractivity contribution in [1.82, 2.24) is 9.80 Å². The van der Waals surface area contributed by atoms with E-state index in [1.54, 1.807) is 12.1 Å². The molecule has 0 amide bonds. The van der Waals surface area contributed by atoms with Crippen LogP contribution in [0.2, 0.25) is 0 Å². The average Bonchev–Trinajstić information content (AvgIpc) is 3.09. The minimum Gasteiger partial charge on any atom is -0.298 e. The normalized spacial score (nSPS) is 25.3. The largest absolute Gasteiger partial charge is 0.298 e. The number of hydrogen-bond acceptors (Lipinski definition) is 4. The van der Waals surface area contributed by atoms with Gasteiger partial charge in [0, 0.05) is 42.2 Å². The second-order valence-corrected chi connectivity index (χ2v) is 10.2. The molecule has 3 aliphatic rings. The molecule has 2 saturated carbocycles. The maximum absolute atomic E-state index is 11.6. The van der Waals surface area contributed by atoms with Gasteiger partial charge in [-0.15, -0.1) is 0 Å². The first kappa shape index (κ1) is 18.9. The van der Waals surface area contributed by atoms with E-state index in [2.05, 4.69) is 25.7 Å². The molecule has 3 fully saturated rings. The zero-order valence-electron chi connectivity index (χ0n) is 15.0. The molecule has 0 spiro atoms. The van der Waals surface area contributed by atoms with E-state index in [0.29, 0.717) is 0 Å². The highest BCUT2D eigenvalue weighted by Gasteiger charge is 2.46. The molecule has 0 atom stereocenters. The summed E-state index contributed by atoms with van der Waals surface area (Å²) >= 11 is 3.63. The molecule has 26 heavy (non-hydrogen) atoms. The summed E-state index contributed by atoms with van der Waals surface area (Å²) in [5, 5.41) is 0. The Morgan fingerprint density at radius 2 is 1.69 bits per heavy atom. The van der Waals surface area contributed by atoms with Crippen LogP contribution < -0.4 is 0 Å². The molecule has 0 aromatic heterocycles. The van der Waals surface area contributed by atoms with Gasteiger partial charge in [0.25, 0.3) is 10.1 Å². The molecule has 1 aromatic carbocycles. The summed E-state index contributed by atoms with van der Waals surface area (Å²) in [5.41, 5.74) is 0.912. The van der Waals surface area contributed by atoms with Crippen molar-refractivity contribution in [3.63, 3.8) is 0 Å². The van der Waals surface area contributed by atoms with Crippen molar-refractivity contribution in [1.29, 1.82) is 0 Å². The molecule has 1 aliphatic heterocycles. The first-order valence-electron chi connectivity index (χ1n) is 9.67. The van der Waals surface area contributed by atoms with Crippen molar-refractivity contribution in [2.75, 3.05) is 26.2 Å². The summed E-state index contributed by atoms with van der Waals surface area (Å²) in [6.07, 6.45) is 8.66. The molecule has 0 bridgehead atoms. The minimum absolute atomic E-state index is 0.00781. The maximum atomic E-state index is 11.6. The molecule has 144 valence electrons. The molecule has 1 heterocycles. The van der Waals surface area contributed by atoms with Crippen molar-refractivity contribution in [2.24, 2.45) is 0 Å². The van der Waals surface area contributed by atoms with Gasteiger partial charge in [-0.1, -0.05) is 28.8 Å². The van der Waals surface area contributed by atoms with E-state index in [0.717, 1.165) is 61.5 Å². The summed E-state index contributed by atoms with van der Waals surface area (Å²) in [6, 6.07) is 5.66. The number of benzene rings is 1. The second kappa shape index (κ2) is 7.17. The van der Waals surface area contributed by atoms with E-state index in [1.807, 2.05) is 0 Å². The summed E-state index contributed by atoms with van der Waals surface area (Å²) in [5.74, 6) is 0. The minimum atomic E-state index is -4.18. The van der Waals surface area contributed by atoms with Gasteiger partial charge < -0.3 is 0 Å². The van der Waals surface area contributed by atoms with Crippen molar-refractivity contribution < 1.29 is 13.0 Å². The molecular weight excluding hydrogens is 416 g/mol. The van der Waals surface area contributed by atoms with Gasteiger partial charge >= 0.3 is 0 Å². The van der Waals surface area contributed by atoms with Crippen LogP contribution in [0.15, 0.2) is 27.6 Å². The zero-order chi connectivity index (χ0) is 18.4. The quantitative estimate of drug-likeness (QED) is 0.721. The zero-order valence-corrected chi connectivity index (χ0v) is 17.4. The Balaban J connectivity index is 1.57. The third kappa shape index (κ3) is 3.37. The molecule has 2 aliphatic carbocycles. The Morgan fingerprint density at radius 1 is 1.04 bits per heavy atom. The van der Waals surface area contributed by atoms with Crippen LogP contribution in [0.25, 0.3) is 0 Å². The predicted molar refractivity (Wildman–Crippen MR) is 105 cm³/mol. The Kier molecular flexibility index (Phi) is 5.20. The number of piperazine rings is 1. The molecule has 4 rings (SSSR count). The lowest BCUT2D eigenvalue weighted by atomic mass is 9.70. The number of rotatable bonds is 4. The summed E-state index contributed by atoms with van der Waals surface area (Å²) < 4.78 is 33.6. The average molecular weight is 443 g/mol. The van der Waals surface area contributed by atoms with Crippen LogP contribution in [-0.4, -0.2) is 55.0 Å². The predicted octanol–water partition coefficient (Wildman–Crippen LogP) is 3.64. The molecule has 7 heteroatoms. The molecule has 1 saturated heterocycles. The van der Waals surface area contributed by atoms with Crippen LogP contribution >= 0.6 is 15.9 Å². The fourth-order valence-corrected chi connectivity index (χ4v) is 6.20. The Labute approximate surface area is 164 Å². The van der Waals surface area contributed by atoms with Gasteiger partial charge in [0.15, 0.2) is 0 Å². The Bertz CT molecular complexity index is 765. The van der Waals surface area contributed by atoms with Crippen molar-refractivity contribution in [3.8, 4) is 0 Å². The lowest BCUT2D eigenvalue weighted by Crippen LogP contribution is -2.59. The first-order valence-corrected chi connectivity index (χ1v) is 11.9. The van der Waals surface area contributed by atoms with E-state index in [4.69, 9.17) is 0 Å². The molecule has 1 aromatic rings. The van der Waals surface area contributed by atoms with E-state index in [-0.39, 0.29) is 10.4 Å². The molecule has 5 nitrogen and oxygen atoms in total. The first-order chi connectivity index (χ1) is 12.4. The maximum Gasteiger partial charge on any atom is 0.294 e. The van der Waals surface area contributed by atoms with Crippen LogP contribution in [-0.2, 0) is 15.7 Å². The molecular formula is C19H27BrN2O3S. The standard InChI is InChI=1S/C19H27BrN2O3S/c20-18-7-6-16(26(23,24)25)14-17(18)19(8-3-9-19)22-12-10-21(11-13-22)15-4-1-2-5-15/h6-7,14-15H,1-5,8-13H2,(H,23,24,25). The Morgan fingerprint density at radius 3 is 2.23 bits per heavy atom. The topological polar surface area (TPSA) is 60.9 Å². The van der Waals surface area contributed by atoms with Crippen LogP contribution in [0, 0.1) is 0 Å². The third-order valence-corrected chi connectivity index (χ3v) is 8.22. The second-order valence-electron chi connectivity index (χ2n) is 7.96. The number of hydrogen-bond donors (Lipinski definition) is 1. The van der Waals surface area contributed by atoms with Crippen LogP contribution in [0.1, 0.15) is 50.5 Å². The van der Waals surface area contributed by atoms with Gasteiger partial charge in [-0.2, -0.15) is 8.42 Å². The highest BCUT2D eigenvalue weighted by Crippen LogP contribution is 2.49. The van der Waals surface area contributed by atoms with Gasteiger partial charge in [0.2, 0.25) is 0 Å². The van der Waals surface area contributed by atoms with E-state index in [1.165, 1.54) is 31.7 Å². The lowest BCUT2D eigenvalue weighted by Gasteiger charge is -2.54. The number of nitrogens with zero attached hydrogens (tertiary/aromatic N) is 2. The van der Waals surface area contributed by atoms with Crippen LogP contribution in [0.5, 0.6) is 0 Å². The van der Waals surface area contributed by atoms with Gasteiger partial charge in [-0.05, 0) is 55.9 Å². The summed E-state index contributed by atoms with van der Waals surface area (Å²) in [7, 11) is -4.18. The molecule has 1 N–H and O–H groups in total. The number of halogens is 1. The molecule has 0 radical (unpaired) electrons. The molecule has 0 unspecified atom stereocenters. The van der Waals surface area contributed by atoms with Gasteiger partial charge in [0.1, 0.15) is 0 Å². The highest BCUT2D eigenvalue weighted by atomic mass is 79.9. The Hall–Kier alpha value is -0.470.